The summed E-state index contributed by atoms with van der Waals surface area (Å²) in [5.74, 6) is 3.42. The van der Waals surface area contributed by atoms with Gasteiger partial charge in [0.25, 0.3) is 0 Å². The van der Waals surface area contributed by atoms with Crippen molar-refractivity contribution in [1.82, 2.24) is 24.8 Å². The summed E-state index contributed by atoms with van der Waals surface area (Å²) in [6.07, 6.45) is -0.355. The lowest BCUT2D eigenvalue weighted by Gasteiger charge is -2.48. The van der Waals surface area contributed by atoms with Gasteiger partial charge in [-0.15, -0.1) is 5.54 Å². The smallest absolute Gasteiger partial charge is 0.412 e. The molecule has 2 amide bonds. The predicted molar refractivity (Wildman–Crippen MR) is 277 cm³/mol. The number of carbonyl (C=O) groups is 2. The number of aromatic nitrogens is 3. The van der Waals surface area contributed by atoms with Crippen LogP contribution in [0.5, 0.6) is 11.9 Å². The molecule has 5 aliphatic rings. The minimum atomic E-state index is -2.28. The van der Waals surface area contributed by atoms with Gasteiger partial charge in [0, 0.05) is 48.0 Å². The van der Waals surface area contributed by atoms with Crippen molar-refractivity contribution in [3.8, 4) is 34.6 Å². The Balaban J connectivity index is 1.25. The standard InChI is InChI=1S/C55H71F2N7O6Si/c1-30(2)71(31(3)4,32(5)6)23-22-35-16-15-17-38-40(58-51(65)69-53(9,10)11)20-19-39(42(35)38)45-44(57)46-43-48(61-50(60-46)67-29-55-24-33(7)26-62(55)27-36(56)25-55)63-28-37-18-21-41(47(63)34(8)68-49(43)59-45)64(37)52(66)70-54(12,13)14/h15-17,19-20,30-32,34,36-37,41,47H,7,18,21,24-29H2,1-6,8-14H3,(H,58,65)/t34-,36+,37+,41-,47+,55?/m0/s1. The number of alkyl halides is 1. The monoisotopic (exact) mass is 992 g/mol. The lowest BCUT2D eigenvalue weighted by atomic mass is 9.93. The number of piperazine rings is 1. The molecule has 5 aliphatic heterocycles. The Morgan fingerprint density at radius 2 is 1.66 bits per heavy atom. The maximum Gasteiger partial charge on any atom is 0.412 e. The summed E-state index contributed by atoms with van der Waals surface area (Å²) >= 11 is 0. The molecule has 71 heavy (non-hydrogen) atoms. The second-order valence-corrected chi connectivity index (χ2v) is 29.1. The molecule has 4 aromatic rings. The molecule has 1 unspecified atom stereocenters. The predicted octanol–water partition coefficient (Wildman–Crippen LogP) is 11.8. The van der Waals surface area contributed by atoms with Crippen molar-refractivity contribution in [2.45, 2.75) is 179 Å². The zero-order valence-corrected chi connectivity index (χ0v) is 44.8. The molecule has 16 heteroatoms. The highest BCUT2D eigenvalue weighted by Gasteiger charge is 2.55. The summed E-state index contributed by atoms with van der Waals surface area (Å²) in [6, 6.07) is 8.14. The van der Waals surface area contributed by atoms with Gasteiger partial charge < -0.3 is 23.8 Å². The van der Waals surface area contributed by atoms with Crippen LogP contribution >= 0.6 is 0 Å². The van der Waals surface area contributed by atoms with Crippen LogP contribution in [0, 0.1) is 17.3 Å². The fraction of sp³-hybridized carbons (Fsp3) is 0.582. The molecule has 0 saturated carbocycles. The van der Waals surface area contributed by atoms with Gasteiger partial charge in [0.1, 0.15) is 60.6 Å². The van der Waals surface area contributed by atoms with Gasteiger partial charge in [0.2, 0.25) is 5.88 Å². The van der Waals surface area contributed by atoms with E-state index in [4.69, 9.17) is 33.9 Å². The number of anilines is 2. The Morgan fingerprint density at radius 3 is 2.34 bits per heavy atom. The molecule has 2 aromatic heterocycles. The number of fused-ring (bicyclic) bond motifs is 7. The fourth-order valence-electron chi connectivity index (χ4n) is 12.7. The van der Waals surface area contributed by atoms with Crippen molar-refractivity contribution in [3.63, 3.8) is 0 Å². The van der Waals surface area contributed by atoms with Gasteiger partial charge in [-0.1, -0.05) is 71.7 Å². The molecule has 0 spiro atoms. The van der Waals surface area contributed by atoms with Crippen LogP contribution < -0.4 is 19.7 Å². The normalized spacial score (nSPS) is 24.3. The quantitative estimate of drug-likeness (QED) is 0.103. The SMILES string of the molecule is C=C1CN2C[C@H](F)CC2(COc2nc3c4c(nc(-c5ccc(NC(=O)OC(C)(C)C)c6cccc(C#C[Si](C(C)C)(C(C)C)C(C)C)c56)c(F)c4n2)O[C@@H](C)[C@@H]2[C@@H]4CC[C@H](CN32)N4C(=O)OC(C)(C)C)C1. The summed E-state index contributed by atoms with van der Waals surface area (Å²) in [7, 11) is -2.28. The Bertz CT molecular complexity index is 2850. The summed E-state index contributed by atoms with van der Waals surface area (Å²) in [5.41, 5.74) is 5.24. The first kappa shape index (κ1) is 50.4. The molecule has 2 aromatic carbocycles. The van der Waals surface area contributed by atoms with Crippen LogP contribution in [0.25, 0.3) is 32.9 Å². The molecular formula is C55H71F2N7O6Si. The average molecular weight is 992 g/mol. The van der Waals surface area contributed by atoms with Crippen LogP contribution in [0.2, 0.25) is 16.6 Å². The number of halogens is 2. The first-order chi connectivity index (χ1) is 33.3. The number of ether oxygens (including phenoxy) is 4. The summed E-state index contributed by atoms with van der Waals surface area (Å²) in [6.45, 7) is 32.0. The molecule has 7 heterocycles. The highest BCUT2D eigenvalue weighted by atomic mass is 28.3. The first-order valence-electron chi connectivity index (χ1n) is 25.4. The van der Waals surface area contributed by atoms with E-state index in [1.807, 2.05) is 50.8 Å². The van der Waals surface area contributed by atoms with E-state index in [-0.39, 0.29) is 60.1 Å². The number of carbonyl (C=O) groups excluding carboxylic acids is 2. The van der Waals surface area contributed by atoms with E-state index in [2.05, 4.69) is 74.7 Å². The van der Waals surface area contributed by atoms with Gasteiger partial charge in [-0.2, -0.15) is 9.97 Å². The minimum absolute atomic E-state index is 0.0387. The van der Waals surface area contributed by atoms with E-state index >= 15 is 8.78 Å². The van der Waals surface area contributed by atoms with Crippen molar-refractivity contribution in [2.75, 3.05) is 36.5 Å². The van der Waals surface area contributed by atoms with Gasteiger partial charge in [-0.25, -0.2) is 23.4 Å². The third-order valence-electron chi connectivity index (χ3n) is 15.4. The summed E-state index contributed by atoms with van der Waals surface area (Å²) in [5, 5.41) is 4.43. The third-order valence-corrected chi connectivity index (χ3v) is 21.7. The Hall–Kier alpha value is -5.53. The Labute approximate surface area is 418 Å². The van der Waals surface area contributed by atoms with Crippen LogP contribution in [0.3, 0.4) is 0 Å². The van der Waals surface area contributed by atoms with Crippen molar-refractivity contribution in [2.24, 2.45) is 0 Å². The van der Waals surface area contributed by atoms with Crippen molar-refractivity contribution in [3.05, 3.63) is 53.9 Å². The zero-order valence-electron chi connectivity index (χ0n) is 43.8. The maximum absolute atomic E-state index is 18.4. The molecule has 9 rings (SSSR count). The van der Waals surface area contributed by atoms with Crippen molar-refractivity contribution >= 4 is 53.4 Å². The molecular weight excluding hydrogens is 921 g/mol. The van der Waals surface area contributed by atoms with E-state index in [1.165, 1.54) is 0 Å². The summed E-state index contributed by atoms with van der Waals surface area (Å²) < 4.78 is 58.6. The average Bonchev–Trinajstić information content (AvgIpc) is 3.82. The molecule has 2 bridgehead atoms. The minimum Gasteiger partial charge on any atom is -0.472 e. The fourth-order valence-corrected chi connectivity index (χ4v) is 18.0. The number of amides is 2. The molecule has 4 fully saturated rings. The molecule has 1 N–H and O–H groups in total. The topological polar surface area (TPSA) is 131 Å². The number of rotatable bonds is 8. The number of hydrogen-bond donors (Lipinski definition) is 1. The van der Waals surface area contributed by atoms with E-state index in [0.717, 1.165) is 12.0 Å². The second kappa shape index (κ2) is 18.2. The van der Waals surface area contributed by atoms with E-state index in [0.29, 0.717) is 76.0 Å². The third kappa shape index (κ3) is 9.08. The Kier molecular flexibility index (Phi) is 12.9. The van der Waals surface area contributed by atoms with Crippen LogP contribution in [-0.4, -0.2) is 118 Å². The van der Waals surface area contributed by atoms with E-state index in [9.17, 15) is 9.59 Å². The Morgan fingerprint density at radius 1 is 0.958 bits per heavy atom. The highest BCUT2D eigenvalue weighted by molar-refractivity contribution is 6.90. The van der Waals surface area contributed by atoms with Gasteiger partial charge in [0.05, 0.1) is 29.4 Å². The first-order valence-corrected chi connectivity index (χ1v) is 27.7. The highest BCUT2D eigenvalue weighted by Crippen LogP contribution is 2.49. The van der Waals surface area contributed by atoms with Gasteiger partial charge in [-0.05, 0) is 103 Å². The van der Waals surface area contributed by atoms with Crippen LogP contribution in [0.1, 0.15) is 121 Å². The molecule has 0 aliphatic carbocycles. The second-order valence-electron chi connectivity index (χ2n) is 23.6. The number of nitrogens with one attached hydrogen (secondary N) is 1. The summed E-state index contributed by atoms with van der Waals surface area (Å²) in [4.78, 5) is 48.4. The number of nitrogens with zero attached hydrogens (tertiary/aromatic N) is 6. The molecule has 6 atom stereocenters. The van der Waals surface area contributed by atoms with Crippen molar-refractivity contribution < 1.29 is 37.3 Å². The molecule has 13 nitrogen and oxygen atoms in total. The molecule has 0 radical (unpaired) electrons. The van der Waals surface area contributed by atoms with E-state index in [1.54, 1.807) is 32.9 Å². The van der Waals surface area contributed by atoms with Gasteiger partial charge in [0.15, 0.2) is 5.82 Å². The largest absolute Gasteiger partial charge is 0.472 e. The number of hydrogen-bond acceptors (Lipinski definition) is 11. The van der Waals surface area contributed by atoms with E-state index < -0.39 is 61.1 Å². The number of benzene rings is 2. The van der Waals surface area contributed by atoms with Gasteiger partial charge >= 0.3 is 18.2 Å². The lowest BCUT2D eigenvalue weighted by Crippen LogP contribution is -2.65. The molecule has 4 saturated heterocycles. The van der Waals surface area contributed by atoms with Crippen LogP contribution in [0.15, 0.2) is 42.5 Å². The van der Waals surface area contributed by atoms with Crippen LogP contribution in [0.4, 0.5) is 29.9 Å². The van der Waals surface area contributed by atoms with Crippen LogP contribution in [-0.2, 0) is 9.47 Å². The maximum atomic E-state index is 18.4. The lowest BCUT2D eigenvalue weighted by molar-refractivity contribution is 0.000912. The molecule has 380 valence electrons. The van der Waals surface area contributed by atoms with Crippen molar-refractivity contribution in [1.29, 1.82) is 0 Å². The number of pyridine rings is 1. The zero-order chi connectivity index (χ0) is 51.3. The van der Waals surface area contributed by atoms with Gasteiger partial charge in [-0.3, -0.25) is 15.1 Å².